The van der Waals surface area contributed by atoms with E-state index >= 15 is 0 Å². The van der Waals surface area contributed by atoms with Crippen molar-refractivity contribution in [2.75, 3.05) is 11.5 Å². The Morgan fingerprint density at radius 3 is 2.31 bits per heavy atom. The van der Waals surface area contributed by atoms with Crippen molar-refractivity contribution in [2.45, 2.75) is 26.3 Å². The number of hydrogen-bond donors (Lipinski definition) is 1. The fourth-order valence-corrected chi connectivity index (χ4v) is 4.39. The van der Waals surface area contributed by atoms with Gasteiger partial charge in [0.1, 0.15) is 5.76 Å². The van der Waals surface area contributed by atoms with Crippen molar-refractivity contribution in [2.24, 2.45) is 0 Å². The number of carbonyl (C=O) groups excluding carboxylic acids is 3. The van der Waals surface area contributed by atoms with Crippen LogP contribution in [0.2, 0.25) is 10.0 Å². The van der Waals surface area contributed by atoms with Gasteiger partial charge in [-0.15, -0.1) is 0 Å². The second kappa shape index (κ2) is 10.6. The number of Topliss-reactive ketones (excluding diaryl/α,β-unsaturated/α-hetero) is 1. The molecule has 36 heavy (non-hydrogen) atoms. The summed E-state index contributed by atoms with van der Waals surface area (Å²) in [6, 6.07) is 17.2. The molecule has 0 saturated carbocycles. The van der Waals surface area contributed by atoms with Gasteiger partial charge in [0, 0.05) is 11.3 Å². The van der Waals surface area contributed by atoms with Gasteiger partial charge in [-0.3, -0.25) is 14.5 Å². The first kappa shape index (κ1) is 25.5. The summed E-state index contributed by atoms with van der Waals surface area (Å²) in [6.45, 7) is 4.10. The van der Waals surface area contributed by atoms with Crippen LogP contribution in [-0.2, 0) is 14.3 Å². The molecule has 184 valence electrons. The standard InChI is InChI=1S/C28H23Cl2NO5/c1-3-13-36-28(35)17-7-10-20(11-8-17)31-24(18-6-4-5-16(2)14-18)23(26(33)27(31)34)25(32)19-9-12-21(29)22(30)15-19/h4-12,14-15,24,32H,3,13H2,1-2H3/b25-23-. The third-order valence-electron chi connectivity index (χ3n) is 5.81. The van der Waals surface area contributed by atoms with E-state index in [0.717, 1.165) is 5.56 Å². The molecule has 1 saturated heterocycles. The number of anilines is 1. The van der Waals surface area contributed by atoms with Gasteiger partial charge in [-0.05, 0) is 61.4 Å². The summed E-state index contributed by atoms with van der Waals surface area (Å²) in [5, 5.41) is 11.7. The summed E-state index contributed by atoms with van der Waals surface area (Å²) in [5.41, 5.74) is 2.46. The van der Waals surface area contributed by atoms with Gasteiger partial charge < -0.3 is 9.84 Å². The van der Waals surface area contributed by atoms with Crippen molar-refractivity contribution in [3.63, 3.8) is 0 Å². The number of esters is 1. The van der Waals surface area contributed by atoms with Crippen molar-refractivity contribution in [3.05, 3.63) is 105 Å². The number of aryl methyl sites for hydroxylation is 1. The SMILES string of the molecule is CCCOC(=O)c1ccc(N2C(=O)C(=O)/C(=C(\O)c3ccc(Cl)c(Cl)c3)C2c2cccc(C)c2)cc1. The summed E-state index contributed by atoms with van der Waals surface area (Å²) in [5.74, 6) is -2.47. The average molecular weight is 524 g/mol. The zero-order chi connectivity index (χ0) is 26.0. The molecule has 1 aliphatic heterocycles. The van der Waals surface area contributed by atoms with Crippen LogP contribution < -0.4 is 4.90 Å². The zero-order valence-corrected chi connectivity index (χ0v) is 21.1. The molecule has 6 nitrogen and oxygen atoms in total. The van der Waals surface area contributed by atoms with Crippen molar-refractivity contribution in [1.29, 1.82) is 0 Å². The molecule has 0 bridgehead atoms. The molecule has 3 aromatic rings. The van der Waals surface area contributed by atoms with Crippen molar-refractivity contribution in [1.82, 2.24) is 0 Å². The number of carbonyl (C=O) groups is 3. The maximum Gasteiger partial charge on any atom is 0.338 e. The Bertz CT molecular complexity index is 1380. The molecule has 0 aliphatic carbocycles. The quantitative estimate of drug-likeness (QED) is 0.172. The van der Waals surface area contributed by atoms with E-state index in [2.05, 4.69) is 0 Å². The molecule has 3 aromatic carbocycles. The number of amides is 1. The van der Waals surface area contributed by atoms with Crippen LogP contribution in [0.5, 0.6) is 0 Å². The zero-order valence-electron chi connectivity index (χ0n) is 19.6. The van der Waals surface area contributed by atoms with E-state index in [4.69, 9.17) is 27.9 Å². The Balaban J connectivity index is 1.84. The Kier molecular flexibility index (Phi) is 7.48. The van der Waals surface area contributed by atoms with Crippen LogP contribution in [0.1, 0.15) is 46.4 Å². The van der Waals surface area contributed by atoms with Gasteiger partial charge in [-0.25, -0.2) is 4.79 Å². The highest BCUT2D eigenvalue weighted by atomic mass is 35.5. The summed E-state index contributed by atoms with van der Waals surface area (Å²) >= 11 is 12.1. The van der Waals surface area contributed by atoms with E-state index < -0.39 is 23.7 Å². The lowest BCUT2D eigenvalue weighted by Crippen LogP contribution is -2.29. The number of aliphatic hydroxyl groups is 1. The third-order valence-corrected chi connectivity index (χ3v) is 6.55. The van der Waals surface area contributed by atoms with E-state index in [-0.39, 0.29) is 21.9 Å². The Hall–Kier alpha value is -3.61. The summed E-state index contributed by atoms with van der Waals surface area (Å²) in [4.78, 5) is 40.1. The maximum atomic E-state index is 13.3. The number of aliphatic hydroxyl groups excluding tert-OH is 1. The number of ketones is 1. The van der Waals surface area contributed by atoms with Crippen LogP contribution >= 0.6 is 23.2 Å². The largest absolute Gasteiger partial charge is 0.507 e. The molecular formula is C28H23Cl2NO5. The lowest BCUT2D eigenvalue weighted by molar-refractivity contribution is -0.132. The van der Waals surface area contributed by atoms with E-state index in [0.29, 0.717) is 34.9 Å². The topological polar surface area (TPSA) is 83.9 Å². The lowest BCUT2D eigenvalue weighted by Gasteiger charge is -2.26. The van der Waals surface area contributed by atoms with Crippen LogP contribution in [0.4, 0.5) is 5.69 Å². The van der Waals surface area contributed by atoms with Crippen LogP contribution in [0.15, 0.2) is 72.3 Å². The van der Waals surface area contributed by atoms with Crippen molar-refractivity contribution < 1.29 is 24.2 Å². The first-order valence-corrected chi connectivity index (χ1v) is 12.1. The Morgan fingerprint density at radius 2 is 1.67 bits per heavy atom. The highest BCUT2D eigenvalue weighted by Crippen LogP contribution is 2.42. The summed E-state index contributed by atoms with van der Waals surface area (Å²) in [6.07, 6.45) is 0.698. The highest BCUT2D eigenvalue weighted by Gasteiger charge is 2.47. The highest BCUT2D eigenvalue weighted by molar-refractivity contribution is 6.51. The molecule has 0 radical (unpaired) electrons. The number of hydrogen-bond acceptors (Lipinski definition) is 5. The van der Waals surface area contributed by atoms with Gasteiger partial charge in [0.15, 0.2) is 0 Å². The molecule has 4 rings (SSSR count). The molecule has 0 spiro atoms. The smallest absolute Gasteiger partial charge is 0.338 e. The average Bonchev–Trinajstić information content (AvgIpc) is 3.14. The minimum atomic E-state index is -0.905. The van der Waals surface area contributed by atoms with E-state index in [1.54, 1.807) is 30.3 Å². The first-order chi connectivity index (χ1) is 17.2. The molecule has 1 N–H and O–H groups in total. The third kappa shape index (κ3) is 4.87. The molecule has 1 atom stereocenters. The van der Waals surface area contributed by atoms with Gasteiger partial charge >= 0.3 is 5.97 Å². The van der Waals surface area contributed by atoms with Crippen LogP contribution in [0, 0.1) is 6.92 Å². The van der Waals surface area contributed by atoms with Gasteiger partial charge in [0.05, 0.1) is 33.8 Å². The Morgan fingerprint density at radius 1 is 0.972 bits per heavy atom. The normalized spacial score (nSPS) is 16.9. The molecule has 1 amide bonds. The van der Waals surface area contributed by atoms with Gasteiger partial charge in [0.25, 0.3) is 11.7 Å². The fraction of sp³-hybridized carbons (Fsp3) is 0.179. The molecule has 1 fully saturated rings. The lowest BCUT2D eigenvalue weighted by atomic mass is 9.94. The molecule has 1 aliphatic rings. The van der Waals surface area contributed by atoms with Crippen LogP contribution in [0.3, 0.4) is 0 Å². The minimum absolute atomic E-state index is 0.0737. The number of rotatable bonds is 6. The molecule has 1 unspecified atom stereocenters. The second-order valence-corrected chi connectivity index (χ2v) is 9.21. The fourth-order valence-electron chi connectivity index (χ4n) is 4.09. The van der Waals surface area contributed by atoms with Gasteiger partial charge in [-0.1, -0.05) is 60.0 Å². The van der Waals surface area contributed by atoms with E-state index in [9.17, 15) is 19.5 Å². The summed E-state index contributed by atoms with van der Waals surface area (Å²) < 4.78 is 5.17. The predicted molar refractivity (Wildman–Crippen MR) is 139 cm³/mol. The van der Waals surface area contributed by atoms with Crippen molar-refractivity contribution in [3.8, 4) is 0 Å². The van der Waals surface area contributed by atoms with Crippen molar-refractivity contribution >= 4 is 52.3 Å². The van der Waals surface area contributed by atoms with E-state index in [1.165, 1.54) is 23.1 Å². The number of ether oxygens (including phenoxy) is 1. The first-order valence-electron chi connectivity index (χ1n) is 11.3. The number of halogens is 2. The van der Waals surface area contributed by atoms with E-state index in [1.807, 2.05) is 32.0 Å². The van der Waals surface area contributed by atoms with Gasteiger partial charge in [-0.2, -0.15) is 0 Å². The van der Waals surface area contributed by atoms with Gasteiger partial charge in [0.2, 0.25) is 0 Å². The predicted octanol–water partition coefficient (Wildman–Crippen LogP) is 6.49. The molecule has 1 heterocycles. The maximum absolute atomic E-state index is 13.3. The number of nitrogens with zero attached hydrogens (tertiary/aromatic N) is 1. The summed E-state index contributed by atoms with van der Waals surface area (Å²) in [7, 11) is 0. The van der Waals surface area contributed by atoms with Crippen LogP contribution in [0.25, 0.3) is 5.76 Å². The minimum Gasteiger partial charge on any atom is -0.507 e. The second-order valence-electron chi connectivity index (χ2n) is 8.39. The molecule has 8 heteroatoms. The Labute approximate surface area is 218 Å². The number of benzene rings is 3. The molecule has 0 aromatic heterocycles. The van der Waals surface area contributed by atoms with Crippen LogP contribution in [-0.4, -0.2) is 29.4 Å². The molecular weight excluding hydrogens is 501 g/mol. The monoisotopic (exact) mass is 523 g/mol.